The molecule has 4 heteroatoms. The molecule has 0 bridgehead atoms. The van der Waals surface area contributed by atoms with Crippen molar-refractivity contribution in [3.05, 3.63) is 28.8 Å². The maximum absolute atomic E-state index is 11.6. The molecule has 0 saturated heterocycles. The lowest BCUT2D eigenvalue weighted by molar-refractivity contribution is -0.130. The van der Waals surface area contributed by atoms with Crippen molar-refractivity contribution >= 4 is 5.91 Å². The van der Waals surface area contributed by atoms with Gasteiger partial charge >= 0.3 is 0 Å². The van der Waals surface area contributed by atoms with Crippen molar-refractivity contribution in [2.24, 2.45) is 11.3 Å². The maximum atomic E-state index is 11.6. The van der Waals surface area contributed by atoms with Crippen LogP contribution in [0.5, 0.6) is 5.75 Å². The van der Waals surface area contributed by atoms with Crippen molar-refractivity contribution in [2.75, 3.05) is 6.61 Å². The summed E-state index contributed by atoms with van der Waals surface area (Å²) in [5.74, 6) is 5.78. The second-order valence-corrected chi connectivity index (χ2v) is 5.30. The summed E-state index contributed by atoms with van der Waals surface area (Å²) in [6.07, 6.45) is 0. The fourth-order valence-corrected chi connectivity index (χ4v) is 1.66. The molecule has 0 heterocycles. The van der Waals surface area contributed by atoms with Gasteiger partial charge in [0.1, 0.15) is 12.4 Å². The van der Waals surface area contributed by atoms with E-state index in [4.69, 9.17) is 10.6 Å². The fraction of sp³-hybridized carbons (Fsp3) is 0.500. The van der Waals surface area contributed by atoms with Gasteiger partial charge in [0.15, 0.2) is 0 Å². The van der Waals surface area contributed by atoms with Gasteiger partial charge in [0, 0.05) is 0 Å². The third-order valence-corrected chi connectivity index (χ3v) is 3.20. The van der Waals surface area contributed by atoms with Crippen molar-refractivity contribution in [3.63, 3.8) is 0 Å². The summed E-state index contributed by atoms with van der Waals surface area (Å²) in [5.41, 5.74) is 4.87. The van der Waals surface area contributed by atoms with Crippen LogP contribution < -0.4 is 16.0 Å². The number of ether oxygens (including phenoxy) is 1. The lowest BCUT2D eigenvalue weighted by Gasteiger charge is -2.24. The van der Waals surface area contributed by atoms with E-state index in [1.165, 1.54) is 5.56 Å². The molecule has 4 nitrogen and oxygen atoms in total. The number of hydrogen-bond donors (Lipinski definition) is 2. The van der Waals surface area contributed by atoms with Gasteiger partial charge in [-0.25, -0.2) is 5.84 Å². The SMILES string of the molecule is Cc1ccc(C)c(OCC(C)(C)C(=O)NN)c1C. The minimum atomic E-state index is -0.655. The predicted octanol–water partition coefficient (Wildman–Crippen LogP) is 2.01. The normalized spacial score (nSPS) is 11.2. The van der Waals surface area contributed by atoms with Gasteiger partial charge in [-0.15, -0.1) is 0 Å². The zero-order valence-corrected chi connectivity index (χ0v) is 11.8. The summed E-state index contributed by atoms with van der Waals surface area (Å²) in [7, 11) is 0. The molecule has 18 heavy (non-hydrogen) atoms. The number of nitrogens with one attached hydrogen (secondary N) is 1. The summed E-state index contributed by atoms with van der Waals surface area (Å²) in [6, 6.07) is 4.09. The average Bonchev–Trinajstić information content (AvgIpc) is 2.32. The zero-order valence-electron chi connectivity index (χ0n) is 11.8. The van der Waals surface area contributed by atoms with Crippen LogP contribution in [0.25, 0.3) is 0 Å². The topological polar surface area (TPSA) is 64.3 Å². The van der Waals surface area contributed by atoms with E-state index in [9.17, 15) is 4.79 Å². The maximum Gasteiger partial charge on any atom is 0.242 e. The molecule has 0 fully saturated rings. The van der Waals surface area contributed by atoms with Crippen LogP contribution in [0.3, 0.4) is 0 Å². The quantitative estimate of drug-likeness (QED) is 0.488. The first kappa shape index (κ1) is 14.5. The van der Waals surface area contributed by atoms with E-state index in [1.807, 2.05) is 26.8 Å². The molecule has 100 valence electrons. The van der Waals surface area contributed by atoms with Crippen molar-refractivity contribution in [1.29, 1.82) is 0 Å². The second kappa shape index (κ2) is 5.40. The van der Waals surface area contributed by atoms with Gasteiger partial charge in [0.05, 0.1) is 5.41 Å². The van der Waals surface area contributed by atoms with Crippen LogP contribution in [0.2, 0.25) is 0 Å². The Hall–Kier alpha value is -1.55. The fourth-order valence-electron chi connectivity index (χ4n) is 1.66. The first-order valence-electron chi connectivity index (χ1n) is 6.00. The average molecular weight is 250 g/mol. The molecular weight excluding hydrogens is 228 g/mol. The molecule has 0 aliphatic carbocycles. The van der Waals surface area contributed by atoms with Gasteiger partial charge in [-0.3, -0.25) is 10.2 Å². The number of hydrazine groups is 1. The summed E-state index contributed by atoms with van der Waals surface area (Å²) in [6.45, 7) is 9.96. The van der Waals surface area contributed by atoms with Crippen LogP contribution in [0.15, 0.2) is 12.1 Å². The Morgan fingerprint density at radius 1 is 1.28 bits per heavy atom. The van der Waals surface area contributed by atoms with Gasteiger partial charge < -0.3 is 4.74 Å². The Kier molecular flexibility index (Phi) is 4.35. The lowest BCUT2D eigenvalue weighted by Crippen LogP contribution is -2.44. The number of carbonyl (C=O) groups is 1. The molecule has 0 saturated carbocycles. The van der Waals surface area contributed by atoms with E-state index >= 15 is 0 Å². The zero-order chi connectivity index (χ0) is 13.9. The molecule has 1 aromatic rings. The monoisotopic (exact) mass is 250 g/mol. The van der Waals surface area contributed by atoms with Gasteiger partial charge in [-0.2, -0.15) is 0 Å². The smallest absolute Gasteiger partial charge is 0.242 e. The van der Waals surface area contributed by atoms with Gasteiger partial charge in [-0.05, 0) is 51.3 Å². The Labute approximate surface area is 108 Å². The lowest BCUT2D eigenvalue weighted by atomic mass is 9.94. The highest BCUT2D eigenvalue weighted by atomic mass is 16.5. The van der Waals surface area contributed by atoms with E-state index in [-0.39, 0.29) is 5.91 Å². The van der Waals surface area contributed by atoms with Crippen LogP contribution in [0.1, 0.15) is 30.5 Å². The minimum Gasteiger partial charge on any atom is -0.492 e. The van der Waals surface area contributed by atoms with Gasteiger partial charge in [0.2, 0.25) is 5.91 Å². The van der Waals surface area contributed by atoms with Crippen LogP contribution in [-0.2, 0) is 4.79 Å². The minimum absolute atomic E-state index is 0.231. The van der Waals surface area contributed by atoms with Crippen LogP contribution in [0, 0.1) is 26.2 Å². The second-order valence-electron chi connectivity index (χ2n) is 5.30. The van der Waals surface area contributed by atoms with Crippen LogP contribution in [-0.4, -0.2) is 12.5 Å². The molecule has 0 aromatic heterocycles. The van der Waals surface area contributed by atoms with Gasteiger partial charge in [0.25, 0.3) is 0 Å². The Bertz CT molecular complexity index is 453. The number of aryl methyl sites for hydroxylation is 2. The molecule has 0 aliphatic heterocycles. The summed E-state index contributed by atoms with van der Waals surface area (Å²) < 4.78 is 5.82. The first-order chi connectivity index (χ1) is 8.29. The van der Waals surface area contributed by atoms with E-state index in [1.54, 1.807) is 13.8 Å². The highest BCUT2D eigenvalue weighted by molar-refractivity contribution is 5.81. The molecule has 0 radical (unpaired) electrons. The predicted molar refractivity (Wildman–Crippen MR) is 72.3 cm³/mol. The molecule has 3 N–H and O–H groups in total. The Morgan fingerprint density at radius 3 is 2.39 bits per heavy atom. The molecule has 1 amide bonds. The number of nitrogens with two attached hydrogens (primary N) is 1. The number of amides is 1. The van der Waals surface area contributed by atoms with Crippen molar-refractivity contribution in [2.45, 2.75) is 34.6 Å². The number of carbonyl (C=O) groups excluding carboxylic acids is 1. The largest absolute Gasteiger partial charge is 0.492 e. The first-order valence-corrected chi connectivity index (χ1v) is 6.00. The molecule has 0 spiro atoms. The summed E-state index contributed by atoms with van der Waals surface area (Å²) >= 11 is 0. The van der Waals surface area contributed by atoms with Gasteiger partial charge in [-0.1, -0.05) is 12.1 Å². The van der Waals surface area contributed by atoms with Crippen molar-refractivity contribution < 1.29 is 9.53 Å². The van der Waals surface area contributed by atoms with E-state index in [2.05, 4.69) is 11.5 Å². The van der Waals surface area contributed by atoms with Crippen LogP contribution >= 0.6 is 0 Å². The third kappa shape index (κ3) is 3.01. The summed E-state index contributed by atoms with van der Waals surface area (Å²) in [5, 5.41) is 0. The Morgan fingerprint density at radius 2 is 1.83 bits per heavy atom. The number of benzene rings is 1. The number of hydrogen-bond acceptors (Lipinski definition) is 3. The van der Waals surface area contributed by atoms with E-state index < -0.39 is 5.41 Å². The molecule has 0 unspecified atom stereocenters. The summed E-state index contributed by atoms with van der Waals surface area (Å²) in [4.78, 5) is 11.6. The third-order valence-electron chi connectivity index (χ3n) is 3.20. The molecule has 0 atom stereocenters. The molecule has 0 aliphatic rings. The standard InChI is InChI=1S/C14H22N2O2/c1-9-6-7-10(2)12(11(9)3)18-8-14(4,5)13(17)16-15/h6-7H,8,15H2,1-5H3,(H,16,17). The molecule has 1 rings (SSSR count). The van der Waals surface area contributed by atoms with Crippen molar-refractivity contribution in [3.8, 4) is 5.75 Å². The Balaban J connectivity index is 2.87. The van der Waals surface area contributed by atoms with Crippen molar-refractivity contribution in [1.82, 2.24) is 5.43 Å². The van der Waals surface area contributed by atoms with Crippen LogP contribution in [0.4, 0.5) is 0 Å². The highest BCUT2D eigenvalue weighted by Gasteiger charge is 2.28. The molecular formula is C14H22N2O2. The molecule has 1 aromatic carbocycles. The van der Waals surface area contributed by atoms with E-state index in [0.29, 0.717) is 6.61 Å². The van der Waals surface area contributed by atoms with E-state index in [0.717, 1.165) is 16.9 Å². The highest BCUT2D eigenvalue weighted by Crippen LogP contribution is 2.27. The number of rotatable bonds is 4.